The second-order valence-corrected chi connectivity index (χ2v) is 4.85. The van der Waals surface area contributed by atoms with Gasteiger partial charge >= 0.3 is 0 Å². The zero-order chi connectivity index (χ0) is 11.4. The van der Waals surface area contributed by atoms with E-state index in [1.54, 1.807) is 7.11 Å². The number of benzene rings is 1. The van der Waals surface area contributed by atoms with Crippen molar-refractivity contribution in [1.82, 2.24) is 0 Å². The summed E-state index contributed by atoms with van der Waals surface area (Å²) in [5.74, 6) is 0.829. The van der Waals surface area contributed by atoms with Crippen molar-refractivity contribution in [1.29, 1.82) is 0 Å². The molecule has 1 N–H and O–H groups in total. The van der Waals surface area contributed by atoms with E-state index >= 15 is 0 Å². The van der Waals surface area contributed by atoms with E-state index in [0.29, 0.717) is 0 Å². The van der Waals surface area contributed by atoms with Crippen LogP contribution in [0, 0.1) is 0 Å². The van der Waals surface area contributed by atoms with Crippen molar-refractivity contribution in [3.8, 4) is 5.75 Å². The molecule has 3 heteroatoms. The highest BCUT2D eigenvalue weighted by molar-refractivity contribution is 5.40. The molecule has 2 fully saturated rings. The summed E-state index contributed by atoms with van der Waals surface area (Å²) in [7, 11) is 1.65. The SMILES string of the molecule is COc1ccc([C@]23O[C@@]2(C)CC[C@H]3O)cc1. The smallest absolute Gasteiger partial charge is 0.148 e. The summed E-state index contributed by atoms with van der Waals surface area (Å²) in [6.45, 7) is 2.08. The van der Waals surface area contributed by atoms with Crippen molar-refractivity contribution in [2.24, 2.45) is 0 Å². The Balaban J connectivity index is 1.98. The summed E-state index contributed by atoms with van der Waals surface area (Å²) in [5, 5.41) is 10.1. The van der Waals surface area contributed by atoms with Gasteiger partial charge in [-0.1, -0.05) is 12.1 Å². The number of epoxide rings is 1. The number of ether oxygens (including phenoxy) is 2. The lowest BCUT2D eigenvalue weighted by Crippen LogP contribution is -2.26. The predicted octanol–water partition coefficient (Wildman–Crippen LogP) is 1.83. The molecule has 2 aliphatic rings. The number of aliphatic hydroxyl groups is 1. The Bertz CT molecular complexity index is 414. The minimum atomic E-state index is -0.459. The minimum Gasteiger partial charge on any atom is -0.497 e. The molecule has 3 rings (SSSR count). The molecular formula is C13H16O3. The van der Waals surface area contributed by atoms with E-state index in [4.69, 9.17) is 9.47 Å². The molecule has 0 unspecified atom stereocenters. The van der Waals surface area contributed by atoms with Crippen LogP contribution in [0.25, 0.3) is 0 Å². The molecule has 0 amide bonds. The molecular weight excluding hydrogens is 204 g/mol. The summed E-state index contributed by atoms with van der Waals surface area (Å²) in [6.07, 6.45) is 1.37. The number of rotatable bonds is 2. The lowest BCUT2D eigenvalue weighted by atomic mass is 9.89. The van der Waals surface area contributed by atoms with Crippen LogP contribution in [0.2, 0.25) is 0 Å². The van der Waals surface area contributed by atoms with Gasteiger partial charge in [0.2, 0.25) is 0 Å². The normalized spacial score (nSPS) is 40.6. The molecule has 1 saturated carbocycles. The van der Waals surface area contributed by atoms with Gasteiger partial charge in [0.1, 0.15) is 17.0 Å². The quantitative estimate of drug-likeness (QED) is 0.773. The van der Waals surface area contributed by atoms with Gasteiger partial charge in [0.05, 0.1) is 13.2 Å². The van der Waals surface area contributed by atoms with Crippen LogP contribution in [-0.4, -0.2) is 23.9 Å². The third-order valence-electron chi connectivity index (χ3n) is 4.01. The van der Waals surface area contributed by atoms with Gasteiger partial charge in [-0.2, -0.15) is 0 Å². The Hall–Kier alpha value is -1.06. The Kier molecular flexibility index (Phi) is 1.89. The highest BCUT2D eigenvalue weighted by Gasteiger charge is 2.74. The maximum absolute atomic E-state index is 10.1. The van der Waals surface area contributed by atoms with Crippen molar-refractivity contribution in [2.45, 2.75) is 37.1 Å². The van der Waals surface area contributed by atoms with Gasteiger partial charge in [0.25, 0.3) is 0 Å². The molecule has 3 atom stereocenters. The summed E-state index contributed by atoms with van der Waals surface area (Å²) >= 11 is 0. The number of aliphatic hydroxyl groups excluding tert-OH is 1. The van der Waals surface area contributed by atoms with E-state index in [1.807, 2.05) is 24.3 Å². The Morgan fingerprint density at radius 1 is 1.38 bits per heavy atom. The molecule has 1 aromatic carbocycles. The number of hydrogen-bond acceptors (Lipinski definition) is 3. The molecule has 1 aromatic rings. The Morgan fingerprint density at radius 3 is 2.50 bits per heavy atom. The minimum absolute atomic E-state index is 0.166. The Morgan fingerprint density at radius 2 is 2.06 bits per heavy atom. The van der Waals surface area contributed by atoms with E-state index in [-0.39, 0.29) is 11.7 Å². The third-order valence-corrected chi connectivity index (χ3v) is 4.01. The molecule has 1 aliphatic carbocycles. The van der Waals surface area contributed by atoms with Crippen molar-refractivity contribution < 1.29 is 14.6 Å². The van der Waals surface area contributed by atoms with Crippen LogP contribution in [0.4, 0.5) is 0 Å². The second kappa shape index (κ2) is 2.99. The first-order chi connectivity index (χ1) is 7.62. The lowest BCUT2D eigenvalue weighted by Gasteiger charge is -2.16. The lowest BCUT2D eigenvalue weighted by molar-refractivity contribution is 0.0609. The molecule has 86 valence electrons. The second-order valence-electron chi connectivity index (χ2n) is 4.85. The standard InChI is InChI=1S/C13H16O3/c1-12-8-7-11(14)13(12,16-12)9-3-5-10(15-2)6-4-9/h3-6,11,14H,7-8H2,1-2H3/t11-,12+,13-/m1/s1. The monoisotopic (exact) mass is 220 g/mol. The molecule has 0 bridgehead atoms. The van der Waals surface area contributed by atoms with Crippen molar-refractivity contribution in [3.05, 3.63) is 29.8 Å². The van der Waals surface area contributed by atoms with Gasteiger partial charge in [-0.25, -0.2) is 0 Å². The zero-order valence-corrected chi connectivity index (χ0v) is 9.56. The van der Waals surface area contributed by atoms with E-state index < -0.39 is 5.60 Å². The van der Waals surface area contributed by atoms with Crippen molar-refractivity contribution in [3.63, 3.8) is 0 Å². The van der Waals surface area contributed by atoms with Crippen LogP contribution < -0.4 is 4.74 Å². The van der Waals surface area contributed by atoms with Crippen molar-refractivity contribution in [2.75, 3.05) is 7.11 Å². The van der Waals surface area contributed by atoms with Gasteiger partial charge in [-0.15, -0.1) is 0 Å². The van der Waals surface area contributed by atoms with E-state index in [1.165, 1.54) is 0 Å². The molecule has 0 spiro atoms. The topological polar surface area (TPSA) is 42.0 Å². The van der Waals surface area contributed by atoms with Crippen LogP contribution in [-0.2, 0) is 10.3 Å². The molecule has 0 aromatic heterocycles. The van der Waals surface area contributed by atoms with Gasteiger partial charge in [-0.3, -0.25) is 0 Å². The fourth-order valence-corrected chi connectivity index (χ4v) is 3.00. The molecule has 1 saturated heterocycles. The molecule has 3 nitrogen and oxygen atoms in total. The summed E-state index contributed by atoms with van der Waals surface area (Å²) in [4.78, 5) is 0. The number of fused-ring (bicyclic) bond motifs is 1. The first-order valence-corrected chi connectivity index (χ1v) is 5.65. The number of methoxy groups -OCH3 is 1. The van der Waals surface area contributed by atoms with E-state index in [0.717, 1.165) is 24.2 Å². The average Bonchev–Trinajstić information content (AvgIpc) is 2.87. The van der Waals surface area contributed by atoms with Crippen LogP contribution in [0.3, 0.4) is 0 Å². The fourth-order valence-electron chi connectivity index (χ4n) is 3.00. The largest absolute Gasteiger partial charge is 0.497 e. The van der Waals surface area contributed by atoms with Crippen LogP contribution in [0.1, 0.15) is 25.3 Å². The fraction of sp³-hybridized carbons (Fsp3) is 0.538. The maximum atomic E-state index is 10.1. The summed E-state index contributed by atoms with van der Waals surface area (Å²) < 4.78 is 10.9. The third kappa shape index (κ3) is 1.05. The van der Waals surface area contributed by atoms with E-state index in [9.17, 15) is 5.11 Å². The van der Waals surface area contributed by atoms with Gasteiger partial charge in [-0.05, 0) is 37.5 Å². The molecule has 1 heterocycles. The zero-order valence-electron chi connectivity index (χ0n) is 9.56. The van der Waals surface area contributed by atoms with Gasteiger partial charge < -0.3 is 14.6 Å². The molecule has 0 radical (unpaired) electrons. The molecule has 16 heavy (non-hydrogen) atoms. The van der Waals surface area contributed by atoms with E-state index in [2.05, 4.69) is 6.92 Å². The first-order valence-electron chi connectivity index (χ1n) is 5.65. The van der Waals surface area contributed by atoms with Crippen LogP contribution in [0.15, 0.2) is 24.3 Å². The highest BCUT2D eigenvalue weighted by atomic mass is 16.6. The maximum Gasteiger partial charge on any atom is 0.148 e. The first kappa shape index (κ1) is 10.1. The Labute approximate surface area is 95.0 Å². The predicted molar refractivity (Wildman–Crippen MR) is 59.4 cm³/mol. The van der Waals surface area contributed by atoms with Crippen molar-refractivity contribution >= 4 is 0 Å². The van der Waals surface area contributed by atoms with Crippen LogP contribution in [0.5, 0.6) is 5.75 Å². The van der Waals surface area contributed by atoms with Crippen LogP contribution >= 0.6 is 0 Å². The van der Waals surface area contributed by atoms with Gasteiger partial charge in [0.15, 0.2) is 0 Å². The highest BCUT2D eigenvalue weighted by Crippen LogP contribution is 2.65. The molecule has 1 aliphatic heterocycles. The average molecular weight is 220 g/mol. The number of hydrogen-bond donors (Lipinski definition) is 1. The summed E-state index contributed by atoms with van der Waals surface area (Å²) in [5.41, 5.74) is 0.432. The van der Waals surface area contributed by atoms with Gasteiger partial charge in [0, 0.05) is 0 Å². The summed E-state index contributed by atoms with van der Waals surface area (Å²) in [6, 6.07) is 7.80.